The Labute approximate surface area is 98.5 Å². The number of aromatic hydroxyl groups is 1. The van der Waals surface area contributed by atoms with Crippen molar-refractivity contribution in [1.29, 1.82) is 0 Å². The number of phenols is 1. The Morgan fingerprint density at radius 1 is 1.11 bits per heavy atom. The normalized spacial score (nSPS) is 10.4. The lowest BCUT2D eigenvalue weighted by Gasteiger charge is -2.03. The second kappa shape index (κ2) is 3.88. The van der Waals surface area contributed by atoms with Crippen LogP contribution in [-0.4, -0.2) is 27.3 Å². The highest BCUT2D eigenvalue weighted by Gasteiger charge is 2.25. The van der Waals surface area contributed by atoms with E-state index in [9.17, 15) is 19.5 Å². The van der Waals surface area contributed by atoms with Gasteiger partial charge in [0.1, 0.15) is 11.3 Å². The standard InChI is InChI=1S/C11H6O7/c12-4-1-2-5-6(3-4)18-9(11(16)17)7(8(5)13)10(14)15/h1-3,12H,(H,14,15)(H,16,17). The van der Waals surface area contributed by atoms with Crippen molar-refractivity contribution in [3.05, 3.63) is 39.7 Å². The molecule has 0 fully saturated rings. The molecule has 0 radical (unpaired) electrons. The minimum absolute atomic E-state index is 0.116. The second-order valence-electron chi connectivity index (χ2n) is 3.43. The summed E-state index contributed by atoms with van der Waals surface area (Å²) in [6, 6.07) is 3.37. The van der Waals surface area contributed by atoms with Gasteiger partial charge in [0.05, 0.1) is 5.39 Å². The molecule has 3 N–H and O–H groups in total. The molecule has 0 aliphatic heterocycles. The van der Waals surface area contributed by atoms with Gasteiger partial charge in [-0.2, -0.15) is 0 Å². The monoisotopic (exact) mass is 250 g/mol. The summed E-state index contributed by atoms with van der Waals surface area (Å²) in [7, 11) is 0. The number of hydrogen-bond donors (Lipinski definition) is 3. The van der Waals surface area contributed by atoms with E-state index in [-0.39, 0.29) is 16.7 Å². The number of phenolic OH excluding ortho intramolecular Hbond substituents is 1. The number of carboxylic acids is 2. The topological polar surface area (TPSA) is 125 Å². The van der Waals surface area contributed by atoms with Crippen LogP contribution in [0.2, 0.25) is 0 Å². The summed E-state index contributed by atoms with van der Waals surface area (Å²) in [6.07, 6.45) is 0. The minimum atomic E-state index is -1.68. The molecule has 0 atom stereocenters. The average molecular weight is 250 g/mol. The maximum absolute atomic E-state index is 11.8. The fourth-order valence-corrected chi connectivity index (χ4v) is 1.53. The lowest BCUT2D eigenvalue weighted by molar-refractivity contribution is 0.0621. The molecule has 92 valence electrons. The maximum Gasteiger partial charge on any atom is 0.372 e. The molecule has 0 aliphatic rings. The van der Waals surface area contributed by atoms with Gasteiger partial charge in [-0.05, 0) is 12.1 Å². The molecular weight excluding hydrogens is 244 g/mol. The number of aromatic carboxylic acids is 2. The Morgan fingerprint density at radius 2 is 1.78 bits per heavy atom. The summed E-state index contributed by atoms with van der Waals surface area (Å²) in [4.78, 5) is 33.6. The molecular formula is C11H6O7. The first-order valence-electron chi connectivity index (χ1n) is 4.68. The number of carboxylic acid groups (broad SMARTS) is 2. The van der Waals surface area contributed by atoms with Gasteiger partial charge >= 0.3 is 11.9 Å². The van der Waals surface area contributed by atoms with E-state index in [0.29, 0.717) is 0 Å². The van der Waals surface area contributed by atoms with Crippen LogP contribution >= 0.6 is 0 Å². The van der Waals surface area contributed by atoms with Gasteiger partial charge in [-0.1, -0.05) is 0 Å². The van der Waals surface area contributed by atoms with E-state index in [1.165, 1.54) is 6.07 Å². The van der Waals surface area contributed by atoms with Crippen molar-refractivity contribution in [2.24, 2.45) is 0 Å². The minimum Gasteiger partial charge on any atom is -0.508 e. The first kappa shape index (κ1) is 11.6. The molecule has 0 bridgehead atoms. The number of rotatable bonds is 2. The Balaban J connectivity index is 2.99. The zero-order valence-electron chi connectivity index (χ0n) is 8.71. The fraction of sp³-hybridized carbons (Fsp3) is 0. The molecule has 7 heteroatoms. The van der Waals surface area contributed by atoms with Crippen LogP contribution in [0.25, 0.3) is 11.0 Å². The lowest BCUT2D eigenvalue weighted by Crippen LogP contribution is -2.20. The maximum atomic E-state index is 11.8. The molecule has 1 aromatic heterocycles. The third-order valence-corrected chi connectivity index (χ3v) is 2.28. The molecule has 2 rings (SSSR count). The van der Waals surface area contributed by atoms with E-state index < -0.39 is 28.7 Å². The smallest absolute Gasteiger partial charge is 0.372 e. The second-order valence-corrected chi connectivity index (χ2v) is 3.43. The molecule has 0 aliphatic carbocycles. The van der Waals surface area contributed by atoms with Crippen LogP contribution in [0.1, 0.15) is 20.9 Å². The molecule has 0 saturated carbocycles. The van der Waals surface area contributed by atoms with Gasteiger partial charge in [0.2, 0.25) is 11.2 Å². The summed E-state index contributed by atoms with van der Waals surface area (Å²) in [5.41, 5.74) is -2.11. The highest BCUT2D eigenvalue weighted by atomic mass is 16.4. The summed E-state index contributed by atoms with van der Waals surface area (Å²) >= 11 is 0. The SMILES string of the molecule is O=C(O)c1oc2cc(O)ccc2c(=O)c1C(=O)O. The highest BCUT2D eigenvalue weighted by molar-refractivity contribution is 6.02. The van der Waals surface area contributed by atoms with Gasteiger partial charge in [-0.15, -0.1) is 0 Å². The van der Waals surface area contributed by atoms with E-state index in [0.717, 1.165) is 12.1 Å². The van der Waals surface area contributed by atoms with Crippen molar-refractivity contribution >= 4 is 22.9 Å². The Morgan fingerprint density at radius 3 is 2.33 bits per heavy atom. The van der Waals surface area contributed by atoms with Crippen molar-refractivity contribution < 1.29 is 29.3 Å². The Bertz CT molecular complexity index is 726. The van der Waals surface area contributed by atoms with Gasteiger partial charge in [0.25, 0.3) is 0 Å². The molecule has 2 aromatic rings. The summed E-state index contributed by atoms with van der Waals surface area (Å²) in [6.45, 7) is 0. The van der Waals surface area contributed by atoms with Crippen molar-refractivity contribution in [2.75, 3.05) is 0 Å². The van der Waals surface area contributed by atoms with Crippen molar-refractivity contribution in [1.82, 2.24) is 0 Å². The summed E-state index contributed by atoms with van der Waals surface area (Å²) < 4.78 is 4.84. The van der Waals surface area contributed by atoms with E-state index in [1.54, 1.807) is 0 Å². The fourth-order valence-electron chi connectivity index (χ4n) is 1.53. The van der Waals surface area contributed by atoms with Crippen molar-refractivity contribution in [2.45, 2.75) is 0 Å². The molecule has 0 amide bonds. The zero-order chi connectivity index (χ0) is 13.4. The quantitative estimate of drug-likeness (QED) is 0.722. The Kier molecular flexibility index (Phi) is 2.51. The molecule has 18 heavy (non-hydrogen) atoms. The molecule has 0 unspecified atom stereocenters. The molecule has 0 saturated heterocycles. The van der Waals surface area contributed by atoms with Crippen LogP contribution in [0.5, 0.6) is 5.75 Å². The summed E-state index contributed by atoms with van der Waals surface area (Å²) in [5, 5.41) is 26.7. The highest BCUT2D eigenvalue weighted by Crippen LogP contribution is 2.20. The number of fused-ring (bicyclic) bond motifs is 1. The molecule has 0 spiro atoms. The first-order valence-corrected chi connectivity index (χ1v) is 4.68. The lowest BCUT2D eigenvalue weighted by atomic mass is 10.1. The van der Waals surface area contributed by atoms with Crippen LogP contribution in [0.15, 0.2) is 27.4 Å². The van der Waals surface area contributed by atoms with Crippen molar-refractivity contribution in [3.8, 4) is 5.75 Å². The largest absolute Gasteiger partial charge is 0.508 e. The van der Waals surface area contributed by atoms with E-state index in [4.69, 9.17) is 14.6 Å². The van der Waals surface area contributed by atoms with Crippen LogP contribution in [-0.2, 0) is 0 Å². The zero-order valence-corrected chi connectivity index (χ0v) is 8.71. The third kappa shape index (κ3) is 1.67. The van der Waals surface area contributed by atoms with Crippen LogP contribution < -0.4 is 5.43 Å². The van der Waals surface area contributed by atoms with Crippen LogP contribution in [0.3, 0.4) is 0 Å². The predicted molar refractivity (Wildman–Crippen MR) is 58.1 cm³/mol. The number of carbonyl (C=O) groups is 2. The van der Waals surface area contributed by atoms with E-state index >= 15 is 0 Å². The molecule has 7 nitrogen and oxygen atoms in total. The van der Waals surface area contributed by atoms with Crippen molar-refractivity contribution in [3.63, 3.8) is 0 Å². The first-order chi connectivity index (χ1) is 8.41. The number of hydrogen-bond acceptors (Lipinski definition) is 5. The Hall–Kier alpha value is -2.83. The summed E-state index contributed by atoms with van der Waals surface area (Å²) in [5.74, 6) is -4.55. The van der Waals surface area contributed by atoms with Gasteiger partial charge in [-0.25, -0.2) is 9.59 Å². The number of benzene rings is 1. The average Bonchev–Trinajstić information content (AvgIpc) is 2.27. The van der Waals surface area contributed by atoms with E-state index in [2.05, 4.69) is 0 Å². The van der Waals surface area contributed by atoms with Crippen LogP contribution in [0.4, 0.5) is 0 Å². The van der Waals surface area contributed by atoms with Gasteiger partial charge < -0.3 is 19.7 Å². The van der Waals surface area contributed by atoms with Gasteiger partial charge in [0.15, 0.2) is 5.56 Å². The predicted octanol–water partition coefficient (Wildman–Crippen LogP) is 0.895. The molecule has 1 heterocycles. The van der Waals surface area contributed by atoms with Gasteiger partial charge in [0, 0.05) is 6.07 Å². The van der Waals surface area contributed by atoms with Crippen LogP contribution in [0, 0.1) is 0 Å². The molecule has 1 aromatic carbocycles. The van der Waals surface area contributed by atoms with Gasteiger partial charge in [-0.3, -0.25) is 4.79 Å². The third-order valence-electron chi connectivity index (χ3n) is 2.28. The van der Waals surface area contributed by atoms with E-state index in [1.807, 2.05) is 0 Å².